The van der Waals surface area contributed by atoms with Gasteiger partial charge in [0.1, 0.15) is 0 Å². The molecule has 0 radical (unpaired) electrons. The first-order chi connectivity index (χ1) is 8.59. The van der Waals surface area contributed by atoms with E-state index in [9.17, 15) is 0 Å². The van der Waals surface area contributed by atoms with Gasteiger partial charge in [-0.1, -0.05) is 43.4 Å². The third kappa shape index (κ3) is 2.90. The highest BCUT2D eigenvalue weighted by Gasteiger charge is 2.27. The molecule has 1 aromatic carbocycles. The van der Waals surface area contributed by atoms with Gasteiger partial charge >= 0.3 is 0 Å². The average Bonchev–Trinajstić information content (AvgIpc) is 2.34. The fourth-order valence-corrected chi connectivity index (χ4v) is 2.99. The maximum Gasteiger partial charge on any atom is 0.0948 e. The van der Waals surface area contributed by atoms with Gasteiger partial charge in [0.05, 0.1) is 11.0 Å². The van der Waals surface area contributed by atoms with Crippen LogP contribution >= 0.6 is 12.2 Å². The molecule has 0 spiro atoms. The second-order valence-electron chi connectivity index (χ2n) is 5.38. The van der Waals surface area contributed by atoms with Crippen molar-refractivity contribution in [1.29, 1.82) is 0 Å². The zero-order valence-corrected chi connectivity index (χ0v) is 12.0. The van der Waals surface area contributed by atoms with Gasteiger partial charge in [0, 0.05) is 0 Å². The van der Waals surface area contributed by atoms with Crippen molar-refractivity contribution < 1.29 is 0 Å². The Hall–Kier alpha value is -0.930. The van der Waals surface area contributed by atoms with E-state index in [0.29, 0.717) is 4.99 Å². The molecule has 98 valence electrons. The van der Waals surface area contributed by atoms with Gasteiger partial charge in [0.15, 0.2) is 0 Å². The van der Waals surface area contributed by atoms with E-state index in [-0.39, 0.29) is 6.04 Å². The lowest BCUT2D eigenvalue weighted by Crippen LogP contribution is -2.41. The second kappa shape index (κ2) is 5.81. The van der Waals surface area contributed by atoms with Gasteiger partial charge in [-0.15, -0.1) is 0 Å². The summed E-state index contributed by atoms with van der Waals surface area (Å²) in [6.07, 6.45) is 2.48. The normalized spacial score (nSPS) is 19.7. The molecule has 1 fully saturated rings. The summed E-state index contributed by atoms with van der Waals surface area (Å²) in [6, 6.07) is 8.52. The van der Waals surface area contributed by atoms with Crippen LogP contribution < -0.4 is 5.73 Å². The zero-order valence-electron chi connectivity index (χ0n) is 11.2. The van der Waals surface area contributed by atoms with Crippen LogP contribution in [0.15, 0.2) is 24.3 Å². The quantitative estimate of drug-likeness (QED) is 0.849. The van der Waals surface area contributed by atoms with Crippen molar-refractivity contribution in [3.63, 3.8) is 0 Å². The van der Waals surface area contributed by atoms with Gasteiger partial charge in [-0.3, -0.25) is 4.90 Å². The van der Waals surface area contributed by atoms with Crippen LogP contribution in [-0.4, -0.2) is 23.0 Å². The number of likely N-dealkylation sites (tertiary alicyclic amines) is 1. The summed E-state index contributed by atoms with van der Waals surface area (Å²) >= 11 is 5.30. The van der Waals surface area contributed by atoms with E-state index < -0.39 is 0 Å². The minimum absolute atomic E-state index is 0.105. The van der Waals surface area contributed by atoms with E-state index in [4.69, 9.17) is 18.0 Å². The fraction of sp³-hybridized carbons (Fsp3) is 0.533. The molecule has 2 N–H and O–H groups in total. The van der Waals surface area contributed by atoms with Crippen LogP contribution in [0, 0.1) is 12.8 Å². The van der Waals surface area contributed by atoms with Crippen LogP contribution in [0.5, 0.6) is 0 Å². The molecule has 0 aliphatic carbocycles. The number of benzene rings is 1. The minimum atomic E-state index is 0.105. The molecule has 0 saturated carbocycles. The SMILES string of the molecule is Cc1ccccc1C(C(N)=S)N1CCC(C)CC1. The molecule has 1 saturated heterocycles. The summed E-state index contributed by atoms with van der Waals surface area (Å²) in [5.41, 5.74) is 8.53. The lowest BCUT2D eigenvalue weighted by molar-refractivity contribution is 0.170. The Bertz CT molecular complexity index is 422. The Balaban J connectivity index is 2.24. The molecule has 3 heteroatoms. The van der Waals surface area contributed by atoms with E-state index in [1.54, 1.807) is 0 Å². The lowest BCUT2D eigenvalue weighted by Gasteiger charge is -2.37. The first kappa shape index (κ1) is 13.5. The van der Waals surface area contributed by atoms with Crippen molar-refractivity contribution >= 4 is 17.2 Å². The molecule has 1 heterocycles. The van der Waals surface area contributed by atoms with Gasteiger partial charge in [0.25, 0.3) is 0 Å². The number of rotatable bonds is 3. The lowest BCUT2D eigenvalue weighted by atomic mass is 9.94. The van der Waals surface area contributed by atoms with E-state index in [0.717, 1.165) is 19.0 Å². The molecular formula is C15H22N2S. The number of thiocarbonyl (C=S) groups is 1. The molecule has 2 nitrogen and oxygen atoms in total. The molecule has 0 amide bonds. The summed E-state index contributed by atoms with van der Waals surface area (Å²) in [7, 11) is 0. The van der Waals surface area contributed by atoms with Crippen LogP contribution in [0.1, 0.15) is 36.9 Å². The molecule has 1 aliphatic heterocycles. The molecule has 18 heavy (non-hydrogen) atoms. The Kier molecular flexibility index (Phi) is 4.36. The van der Waals surface area contributed by atoms with Crippen molar-refractivity contribution in [2.24, 2.45) is 11.7 Å². The Morgan fingerprint density at radius 3 is 2.50 bits per heavy atom. The summed E-state index contributed by atoms with van der Waals surface area (Å²) < 4.78 is 0. The number of nitrogens with two attached hydrogens (primary N) is 1. The molecule has 1 atom stereocenters. The Labute approximate surface area is 115 Å². The third-order valence-electron chi connectivity index (χ3n) is 3.94. The maximum absolute atomic E-state index is 5.99. The van der Waals surface area contributed by atoms with Crippen molar-refractivity contribution in [1.82, 2.24) is 4.90 Å². The molecular weight excluding hydrogens is 240 g/mol. The molecule has 1 aromatic rings. The van der Waals surface area contributed by atoms with Gasteiger partial charge in [-0.2, -0.15) is 0 Å². The second-order valence-corrected chi connectivity index (χ2v) is 5.85. The molecule has 0 aromatic heterocycles. The number of hydrogen-bond donors (Lipinski definition) is 1. The van der Waals surface area contributed by atoms with Gasteiger partial charge in [0.2, 0.25) is 0 Å². The number of hydrogen-bond acceptors (Lipinski definition) is 2. The largest absolute Gasteiger partial charge is 0.392 e. The van der Waals surface area contributed by atoms with Crippen LogP contribution in [0.2, 0.25) is 0 Å². The number of piperidine rings is 1. The predicted octanol–water partition coefficient (Wildman–Crippen LogP) is 3.05. The Morgan fingerprint density at radius 1 is 1.33 bits per heavy atom. The highest BCUT2D eigenvalue weighted by atomic mass is 32.1. The molecule has 0 bridgehead atoms. The Morgan fingerprint density at radius 2 is 1.94 bits per heavy atom. The van der Waals surface area contributed by atoms with Gasteiger partial charge < -0.3 is 5.73 Å². The summed E-state index contributed by atoms with van der Waals surface area (Å²) in [6.45, 7) is 6.64. The summed E-state index contributed by atoms with van der Waals surface area (Å²) in [5.74, 6) is 0.824. The van der Waals surface area contributed by atoms with Crippen LogP contribution in [0.4, 0.5) is 0 Å². The average molecular weight is 262 g/mol. The summed E-state index contributed by atoms with van der Waals surface area (Å²) in [4.78, 5) is 3.03. The van der Waals surface area contributed by atoms with Crippen molar-refractivity contribution in [2.75, 3.05) is 13.1 Å². The first-order valence-corrected chi connectivity index (χ1v) is 7.09. The third-order valence-corrected chi connectivity index (χ3v) is 4.16. The minimum Gasteiger partial charge on any atom is -0.392 e. The summed E-state index contributed by atoms with van der Waals surface area (Å²) in [5, 5.41) is 0. The smallest absolute Gasteiger partial charge is 0.0948 e. The van der Waals surface area contributed by atoms with Crippen LogP contribution in [-0.2, 0) is 0 Å². The van der Waals surface area contributed by atoms with E-state index in [2.05, 4.69) is 43.0 Å². The highest BCUT2D eigenvalue weighted by Crippen LogP contribution is 2.28. The topological polar surface area (TPSA) is 29.3 Å². The first-order valence-electron chi connectivity index (χ1n) is 6.68. The van der Waals surface area contributed by atoms with Crippen molar-refractivity contribution in [2.45, 2.75) is 32.7 Å². The monoisotopic (exact) mass is 262 g/mol. The van der Waals surface area contributed by atoms with Crippen LogP contribution in [0.25, 0.3) is 0 Å². The number of nitrogens with zero attached hydrogens (tertiary/aromatic N) is 1. The standard InChI is InChI=1S/C15H22N2S/c1-11-7-9-17(10-8-11)14(15(16)18)13-6-4-3-5-12(13)2/h3-6,11,14H,7-10H2,1-2H3,(H2,16,18). The molecule has 1 aliphatic rings. The van der Waals surface area contributed by atoms with E-state index in [1.165, 1.54) is 24.0 Å². The van der Waals surface area contributed by atoms with Gasteiger partial charge in [-0.25, -0.2) is 0 Å². The zero-order chi connectivity index (χ0) is 13.1. The van der Waals surface area contributed by atoms with Crippen LogP contribution in [0.3, 0.4) is 0 Å². The fourth-order valence-electron chi connectivity index (χ4n) is 2.71. The van der Waals surface area contributed by atoms with E-state index >= 15 is 0 Å². The molecule has 1 unspecified atom stereocenters. The van der Waals surface area contributed by atoms with E-state index in [1.807, 2.05) is 0 Å². The number of aryl methyl sites for hydroxylation is 1. The van der Waals surface area contributed by atoms with Crippen molar-refractivity contribution in [3.8, 4) is 0 Å². The highest BCUT2D eigenvalue weighted by molar-refractivity contribution is 7.80. The molecule has 2 rings (SSSR count). The predicted molar refractivity (Wildman–Crippen MR) is 80.7 cm³/mol. The maximum atomic E-state index is 5.99. The van der Waals surface area contributed by atoms with Gasteiger partial charge in [-0.05, 0) is 49.9 Å². The van der Waals surface area contributed by atoms with Crippen molar-refractivity contribution in [3.05, 3.63) is 35.4 Å².